The molecule has 14 heteroatoms. The first-order chi connectivity index (χ1) is 18.7. The Morgan fingerprint density at radius 2 is 1.50 bits per heavy atom. The van der Waals surface area contributed by atoms with E-state index in [2.05, 4.69) is 10.0 Å². The minimum absolute atomic E-state index is 0.0204. The van der Waals surface area contributed by atoms with Crippen molar-refractivity contribution < 1.29 is 41.1 Å². The van der Waals surface area contributed by atoms with Crippen LogP contribution in [0.25, 0.3) is 22.1 Å². The first kappa shape index (κ1) is 28.8. The summed E-state index contributed by atoms with van der Waals surface area (Å²) in [7, 11) is -7.73. The maximum atomic E-state index is 12.8. The van der Waals surface area contributed by atoms with Gasteiger partial charge in [-0.15, -0.1) is 0 Å². The van der Waals surface area contributed by atoms with Gasteiger partial charge in [-0.25, -0.2) is 16.8 Å². The smallest absolute Gasteiger partial charge is 0.324 e. The van der Waals surface area contributed by atoms with Crippen molar-refractivity contribution >= 4 is 54.3 Å². The van der Waals surface area contributed by atoms with Gasteiger partial charge in [-0.3, -0.25) is 14.3 Å². The molecule has 40 heavy (non-hydrogen) atoms. The van der Waals surface area contributed by atoms with Gasteiger partial charge in [0.15, 0.2) is 5.76 Å². The van der Waals surface area contributed by atoms with E-state index in [4.69, 9.17) is 9.52 Å². The molecule has 0 aliphatic rings. The summed E-state index contributed by atoms with van der Waals surface area (Å²) in [4.78, 5) is 23.8. The molecule has 0 saturated carbocycles. The summed E-state index contributed by atoms with van der Waals surface area (Å²) in [6, 6.07) is 16.9. The molecule has 0 radical (unpaired) electrons. The Kier molecular flexibility index (Phi) is 7.98. The van der Waals surface area contributed by atoms with Crippen molar-refractivity contribution in [2.75, 3.05) is 16.3 Å². The zero-order valence-corrected chi connectivity index (χ0v) is 22.8. The van der Waals surface area contributed by atoms with Crippen molar-refractivity contribution in [3.8, 4) is 11.1 Å². The lowest BCUT2D eigenvalue weighted by atomic mass is 10.1. The van der Waals surface area contributed by atoms with Gasteiger partial charge in [0.05, 0.1) is 22.9 Å². The average Bonchev–Trinajstić information content (AvgIpc) is 3.33. The molecule has 5 N–H and O–H groups in total. The number of furan rings is 1. The van der Waals surface area contributed by atoms with Gasteiger partial charge < -0.3 is 19.9 Å². The number of nitrogens with one attached hydrogen (secondary N) is 3. The second-order valence-electron chi connectivity index (χ2n) is 8.94. The minimum Gasteiger partial charge on any atom is -0.480 e. The van der Waals surface area contributed by atoms with Crippen LogP contribution in [0.3, 0.4) is 0 Å². The second-order valence-corrected chi connectivity index (χ2v) is 12.4. The highest BCUT2D eigenvalue weighted by molar-refractivity contribution is 7.92. The molecule has 0 spiro atoms. The normalized spacial score (nSPS) is 13.5. The van der Waals surface area contributed by atoms with E-state index in [1.807, 2.05) is 4.72 Å². The Labute approximate surface area is 229 Å². The van der Waals surface area contributed by atoms with Crippen LogP contribution in [0, 0.1) is 0 Å². The minimum atomic E-state index is -4.20. The summed E-state index contributed by atoms with van der Waals surface area (Å²) in [5.41, 5.74) is 2.43. The number of fused-ring (bicyclic) bond motifs is 1. The van der Waals surface area contributed by atoms with Crippen LogP contribution in [0.4, 0.5) is 11.4 Å². The monoisotopic (exact) mass is 587 g/mol. The van der Waals surface area contributed by atoms with E-state index < -0.39 is 44.1 Å². The van der Waals surface area contributed by atoms with Crippen molar-refractivity contribution in [2.24, 2.45) is 0 Å². The number of carbonyl (C=O) groups excluding carboxylic acids is 1. The van der Waals surface area contributed by atoms with Gasteiger partial charge in [-0.05, 0) is 60.5 Å². The molecule has 2 atom stereocenters. The number of anilines is 2. The number of amides is 1. The predicted molar refractivity (Wildman–Crippen MR) is 148 cm³/mol. The highest BCUT2D eigenvalue weighted by Gasteiger charge is 2.29. The molecule has 3 aromatic carbocycles. The Balaban J connectivity index is 1.47. The maximum Gasteiger partial charge on any atom is 0.324 e. The van der Waals surface area contributed by atoms with Crippen LogP contribution in [0.2, 0.25) is 0 Å². The summed E-state index contributed by atoms with van der Waals surface area (Å²) >= 11 is 0. The number of sulfonamides is 2. The molecule has 1 heterocycles. The molecule has 4 rings (SSSR count). The van der Waals surface area contributed by atoms with Crippen molar-refractivity contribution in [1.29, 1.82) is 0 Å². The lowest BCUT2D eigenvalue weighted by Crippen LogP contribution is -2.47. The molecular formula is C26H25N3O9S2. The number of hydrogen-bond acceptors (Lipinski definition) is 8. The second kappa shape index (κ2) is 11.1. The fourth-order valence-corrected chi connectivity index (χ4v) is 5.66. The third-order valence-electron chi connectivity index (χ3n) is 5.75. The standard InChI is InChI=1S/C26H25N3O9S2/c1-15(30)24(26(32)33)29-40(36,37)19-12-8-17(9-13-19)16-6-10-18(11-7-16)27-25(31)23-14-20-21(28-39(2,34)35)4-3-5-22(20)38-23/h3-15,24,28-30H,1-2H3,(H,27,31)(H,32,33)/t15?,24-/m0/s1. The number of hydrogen-bond donors (Lipinski definition) is 5. The molecule has 210 valence electrons. The fourth-order valence-electron chi connectivity index (χ4n) is 3.82. The zero-order valence-electron chi connectivity index (χ0n) is 21.2. The maximum absolute atomic E-state index is 12.8. The van der Waals surface area contributed by atoms with Gasteiger partial charge >= 0.3 is 5.97 Å². The quantitative estimate of drug-likeness (QED) is 0.186. The van der Waals surface area contributed by atoms with Crippen LogP contribution in [0.15, 0.2) is 82.1 Å². The van der Waals surface area contributed by atoms with E-state index in [1.54, 1.807) is 42.5 Å². The van der Waals surface area contributed by atoms with Crippen molar-refractivity contribution in [3.63, 3.8) is 0 Å². The summed E-state index contributed by atoms with van der Waals surface area (Å²) in [6.45, 7) is 1.17. The van der Waals surface area contributed by atoms with E-state index in [9.17, 15) is 31.5 Å². The van der Waals surface area contributed by atoms with Crippen LogP contribution in [-0.2, 0) is 24.8 Å². The number of aliphatic hydroxyl groups is 1. The van der Waals surface area contributed by atoms with E-state index in [1.165, 1.54) is 37.3 Å². The number of benzene rings is 3. The molecule has 0 saturated heterocycles. The molecule has 4 aromatic rings. The highest BCUT2D eigenvalue weighted by Crippen LogP contribution is 2.28. The van der Waals surface area contributed by atoms with Gasteiger partial charge in [0.2, 0.25) is 20.0 Å². The van der Waals surface area contributed by atoms with E-state index in [-0.39, 0.29) is 16.3 Å². The van der Waals surface area contributed by atoms with Crippen LogP contribution in [0.5, 0.6) is 0 Å². The molecule has 1 amide bonds. The van der Waals surface area contributed by atoms with E-state index in [0.29, 0.717) is 27.8 Å². The van der Waals surface area contributed by atoms with Crippen LogP contribution in [-0.4, -0.2) is 57.3 Å². The molecule has 0 aliphatic heterocycles. The van der Waals surface area contributed by atoms with Gasteiger partial charge in [0.1, 0.15) is 11.6 Å². The fraction of sp³-hybridized carbons (Fsp3) is 0.154. The summed E-state index contributed by atoms with van der Waals surface area (Å²) in [6.07, 6.45) is -0.418. The first-order valence-corrected chi connectivity index (χ1v) is 15.1. The Morgan fingerprint density at radius 3 is 2.05 bits per heavy atom. The van der Waals surface area contributed by atoms with Crippen LogP contribution in [0.1, 0.15) is 17.5 Å². The summed E-state index contributed by atoms with van der Waals surface area (Å²) in [5, 5.41) is 21.8. The van der Waals surface area contributed by atoms with Gasteiger partial charge in [0.25, 0.3) is 5.91 Å². The lowest BCUT2D eigenvalue weighted by Gasteiger charge is -2.17. The van der Waals surface area contributed by atoms with Gasteiger partial charge in [-0.2, -0.15) is 4.72 Å². The SMILES string of the molecule is CC(O)[C@H](NS(=O)(=O)c1ccc(-c2ccc(NC(=O)c3cc4c(NS(C)(=O)=O)cccc4o3)cc2)cc1)C(=O)O. The number of aliphatic hydroxyl groups excluding tert-OH is 1. The number of carboxylic acids is 1. The molecule has 0 aliphatic carbocycles. The van der Waals surface area contributed by atoms with Crippen molar-refractivity contribution in [3.05, 3.63) is 78.6 Å². The van der Waals surface area contributed by atoms with Crippen LogP contribution < -0.4 is 14.8 Å². The average molecular weight is 588 g/mol. The van der Waals surface area contributed by atoms with Crippen molar-refractivity contribution in [1.82, 2.24) is 4.72 Å². The Bertz CT molecular complexity index is 1780. The molecule has 1 aromatic heterocycles. The molecule has 12 nitrogen and oxygen atoms in total. The number of carboxylic acid groups (broad SMARTS) is 1. The third-order valence-corrected chi connectivity index (χ3v) is 7.80. The van der Waals surface area contributed by atoms with Gasteiger partial charge in [0, 0.05) is 11.1 Å². The van der Waals surface area contributed by atoms with E-state index in [0.717, 1.165) is 6.26 Å². The number of rotatable bonds is 10. The molecular weight excluding hydrogens is 562 g/mol. The number of aliphatic carboxylic acids is 1. The van der Waals surface area contributed by atoms with E-state index >= 15 is 0 Å². The largest absolute Gasteiger partial charge is 0.480 e. The van der Waals surface area contributed by atoms with Crippen LogP contribution >= 0.6 is 0 Å². The Morgan fingerprint density at radius 1 is 0.900 bits per heavy atom. The molecule has 1 unspecified atom stereocenters. The molecule has 0 bridgehead atoms. The lowest BCUT2D eigenvalue weighted by molar-refractivity contribution is -0.141. The van der Waals surface area contributed by atoms with Gasteiger partial charge in [-0.1, -0.05) is 30.3 Å². The zero-order chi connectivity index (χ0) is 29.2. The molecule has 0 fully saturated rings. The highest BCUT2D eigenvalue weighted by atomic mass is 32.2. The Hall–Kier alpha value is -4.24. The third kappa shape index (κ3) is 6.66. The number of carbonyl (C=O) groups is 2. The predicted octanol–water partition coefficient (Wildman–Crippen LogP) is 2.84. The first-order valence-electron chi connectivity index (χ1n) is 11.7. The summed E-state index contributed by atoms with van der Waals surface area (Å²) < 4.78 is 58.3. The van der Waals surface area contributed by atoms with Crippen molar-refractivity contribution in [2.45, 2.75) is 24.0 Å². The topological polar surface area (TPSA) is 192 Å². The summed E-state index contributed by atoms with van der Waals surface area (Å²) in [5.74, 6) is -2.07.